The van der Waals surface area contributed by atoms with E-state index >= 15 is 0 Å². The summed E-state index contributed by atoms with van der Waals surface area (Å²) in [6, 6.07) is 0.186. The molecule has 0 bridgehead atoms. The highest BCUT2D eigenvalue weighted by Crippen LogP contribution is 2.23. The van der Waals surface area contributed by atoms with Gasteiger partial charge in [-0.3, -0.25) is 4.79 Å². The van der Waals surface area contributed by atoms with Gasteiger partial charge in [0.25, 0.3) is 0 Å². The number of aliphatic hydroxyl groups is 1. The Bertz CT molecular complexity index is 270. The van der Waals surface area contributed by atoms with Gasteiger partial charge in [-0.2, -0.15) is 0 Å². The van der Waals surface area contributed by atoms with E-state index in [1.54, 1.807) is 0 Å². The van der Waals surface area contributed by atoms with Crippen LogP contribution < -0.4 is 5.32 Å². The van der Waals surface area contributed by atoms with Gasteiger partial charge in [-0.05, 0) is 32.1 Å². The largest absolute Gasteiger partial charge is 0.392 e. The number of nitrogens with zero attached hydrogens (tertiary/aromatic N) is 1. The third-order valence-electron chi connectivity index (χ3n) is 3.81. The van der Waals surface area contributed by atoms with Crippen molar-refractivity contribution in [1.29, 1.82) is 0 Å². The van der Waals surface area contributed by atoms with Crippen molar-refractivity contribution < 1.29 is 9.90 Å². The molecule has 2 rings (SSSR count). The monoisotopic (exact) mass is 226 g/mol. The predicted molar refractivity (Wildman–Crippen MR) is 62.0 cm³/mol. The van der Waals surface area contributed by atoms with Gasteiger partial charge in [0.2, 0.25) is 5.91 Å². The van der Waals surface area contributed by atoms with E-state index in [2.05, 4.69) is 19.2 Å². The van der Waals surface area contributed by atoms with E-state index in [-0.39, 0.29) is 18.1 Å². The van der Waals surface area contributed by atoms with Crippen LogP contribution >= 0.6 is 0 Å². The molecule has 0 saturated carbocycles. The molecule has 0 aromatic heterocycles. The lowest BCUT2D eigenvalue weighted by Crippen LogP contribution is -2.51. The Hall–Kier alpha value is -0.610. The molecule has 16 heavy (non-hydrogen) atoms. The SMILES string of the molecule is CC1CCC(C)N(C(=O)C2CC(O)CN2)C1. The molecule has 0 radical (unpaired) electrons. The first-order valence-corrected chi connectivity index (χ1v) is 6.30. The Balaban J connectivity index is 1.97. The normalized spacial score (nSPS) is 40.1. The van der Waals surface area contributed by atoms with Crippen LogP contribution in [-0.2, 0) is 4.79 Å². The van der Waals surface area contributed by atoms with Gasteiger partial charge >= 0.3 is 0 Å². The predicted octanol–water partition coefficient (Wildman–Crippen LogP) is 0.356. The van der Waals surface area contributed by atoms with Crippen LogP contribution in [0.15, 0.2) is 0 Å². The maximum absolute atomic E-state index is 12.3. The van der Waals surface area contributed by atoms with Gasteiger partial charge in [0.05, 0.1) is 12.1 Å². The Kier molecular flexibility index (Phi) is 3.50. The van der Waals surface area contributed by atoms with Gasteiger partial charge < -0.3 is 15.3 Å². The van der Waals surface area contributed by atoms with Gasteiger partial charge in [-0.1, -0.05) is 6.92 Å². The second-order valence-corrected chi connectivity index (χ2v) is 5.37. The maximum atomic E-state index is 12.3. The number of piperidine rings is 1. The summed E-state index contributed by atoms with van der Waals surface area (Å²) in [6.45, 7) is 5.74. The van der Waals surface area contributed by atoms with Crippen LogP contribution in [0, 0.1) is 5.92 Å². The average Bonchev–Trinajstić information content (AvgIpc) is 2.67. The van der Waals surface area contributed by atoms with Crippen LogP contribution in [0.3, 0.4) is 0 Å². The van der Waals surface area contributed by atoms with Crippen LogP contribution in [-0.4, -0.2) is 47.2 Å². The lowest BCUT2D eigenvalue weighted by Gasteiger charge is -2.38. The minimum Gasteiger partial charge on any atom is -0.392 e. The lowest BCUT2D eigenvalue weighted by atomic mass is 9.94. The molecule has 2 N–H and O–H groups in total. The molecule has 1 amide bonds. The van der Waals surface area contributed by atoms with E-state index in [0.29, 0.717) is 24.9 Å². The van der Waals surface area contributed by atoms with Crippen molar-refractivity contribution in [3.8, 4) is 0 Å². The molecule has 2 fully saturated rings. The van der Waals surface area contributed by atoms with Crippen molar-refractivity contribution >= 4 is 5.91 Å². The number of hydrogen-bond acceptors (Lipinski definition) is 3. The molecule has 4 heteroatoms. The molecule has 2 saturated heterocycles. The van der Waals surface area contributed by atoms with E-state index < -0.39 is 0 Å². The van der Waals surface area contributed by atoms with Crippen LogP contribution in [0.1, 0.15) is 33.1 Å². The molecular weight excluding hydrogens is 204 g/mol. The Morgan fingerprint density at radius 3 is 2.75 bits per heavy atom. The molecule has 0 aliphatic carbocycles. The summed E-state index contributed by atoms with van der Waals surface area (Å²) in [5, 5.41) is 12.5. The summed E-state index contributed by atoms with van der Waals surface area (Å²) in [7, 11) is 0. The zero-order chi connectivity index (χ0) is 11.7. The second kappa shape index (κ2) is 4.72. The number of nitrogens with one attached hydrogen (secondary N) is 1. The summed E-state index contributed by atoms with van der Waals surface area (Å²) >= 11 is 0. The van der Waals surface area contributed by atoms with Gasteiger partial charge in [0, 0.05) is 19.1 Å². The fourth-order valence-electron chi connectivity index (χ4n) is 2.70. The zero-order valence-electron chi connectivity index (χ0n) is 10.1. The molecule has 0 spiro atoms. The quantitative estimate of drug-likeness (QED) is 0.678. The van der Waals surface area contributed by atoms with Crippen LogP contribution in [0.2, 0.25) is 0 Å². The first-order chi connectivity index (χ1) is 7.58. The minimum atomic E-state index is -0.355. The summed E-state index contributed by atoms with van der Waals surface area (Å²) < 4.78 is 0. The summed E-state index contributed by atoms with van der Waals surface area (Å²) in [5.41, 5.74) is 0. The molecule has 4 nitrogen and oxygen atoms in total. The molecule has 2 aliphatic rings. The van der Waals surface area contributed by atoms with Gasteiger partial charge in [-0.25, -0.2) is 0 Å². The van der Waals surface area contributed by atoms with Crippen LogP contribution in [0.4, 0.5) is 0 Å². The van der Waals surface area contributed by atoms with Crippen molar-refractivity contribution in [2.45, 2.75) is 51.3 Å². The molecule has 0 aromatic carbocycles. The fraction of sp³-hybridized carbons (Fsp3) is 0.917. The van der Waals surface area contributed by atoms with E-state index in [0.717, 1.165) is 13.0 Å². The van der Waals surface area contributed by atoms with E-state index in [4.69, 9.17) is 0 Å². The van der Waals surface area contributed by atoms with Crippen molar-refractivity contribution in [3.63, 3.8) is 0 Å². The minimum absolute atomic E-state index is 0.164. The van der Waals surface area contributed by atoms with Gasteiger partial charge in [0.1, 0.15) is 0 Å². The number of carbonyl (C=O) groups is 1. The van der Waals surface area contributed by atoms with Crippen molar-refractivity contribution in [2.24, 2.45) is 5.92 Å². The molecule has 2 heterocycles. The third kappa shape index (κ3) is 2.38. The maximum Gasteiger partial charge on any atom is 0.240 e. The Morgan fingerprint density at radius 2 is 2.12 bits per heavy atom. The van der Waals surface area contributed by atoms with Crippen molar-refractivity contribution in [1.82, 2.24) is 10.2 Å². The highest BCUT2D eigenvalue weighted by Gasteiger charge is 2.35. The van der Waals surface area contributed by atoms with E-state index in [1.807, 2.05) is 4.90 Å². The highest BCUT2D eigenvalue weighted by atomic mass is 16.3. The van der Waals surface area contributed by atoms with Crippen molar-refractivity contribution in [2.75, 3.05) is 13.1 Å². The first kappa shape index (κ1) is 11.9. The number of β-amino-alcohol motifs (C(OH)–C–C–N with tert-alkyl or cyclic N) is 1. The highest BCUT2D eigenvalue weighted by molar-refractivity contribution is 5.82. The number of aliphatic hydroxyl groups excluding tert-OH is 1. The first-order valence-electron chi connectivity index (χ1n) is 6.30. The number of hydrogen-bond donors (Lipinski definition) is 2. The molecule has 2 aliphatic heterocycles. The smallest absolute Gasteiger partial charge is 0.240 e. The Labute approximate surface area is 97.0 Å². The van der Waals surface area contributed by atoms with Gasteiger partial charge in [-0.15, -0.1) is 0 Å². The van der Waals surface area contributed by atoms with Crippen LogP contribution in [0.5, 0.6) is 0 Å². The summed E-state index contributed by atoms with van der Waals surface area (Å²) in [6.07, 6.45) is 2.52. The standard InChI is InChI=1S/C12H22N2O2/c1-8-3-4-9(2)14(7-8)12(16)11-5-10(15)6-13-11/h8-11,13,15H,3-7H2,1-2H3. The second-order valence-electron chi connectivity index (χ2n) is 5.37. The topological polar surface area (TPSA) is 52.6 Å². The van der Waals surface area contributed by atoms with Crippen LogP contribution in [0.25, 0.3) is 0 Å². The third-order valence-corrected chi connectivity index (χ3v) is 3.81. The summed E-state index contributed by atoms with van der Waals surface area (Å²) in [5.74, 6) is 0.780. The molecule has 92 valence electrons. The fourth-order valence-corrected chi connectivity index (χ4v) is 2.70. The molecule has 4 atom stereocenters. The number of amides is 1. The summed E-state index contributed by atoms with van der Waals surface area (Å²) in [4.78, 5) is 14.2. The Morgan fingerprint density at radius 1 is 1.38 bits per heavy atom. The molecule has 0 aromatic rings. The van der Waals surface area contributed by atoms with Crippen molar-refractivity contribution in [3.05, 3.63) is 0 Å². The lowest BCUT2D eigenvalue weighted by molar-refractivity contribution is -0.137. The van der Waals surface area contributed by atoms with E-state index in [1.165, 1.54) is 6.42 Å². The zero-order valence-corrected chi connectivity index (χ0v) is 10.1. The van der Waals surface area contributed by atoms with E-state index in [9.17, 15) is 9.90 Å². The number of rotatable bonds is 1. The average molecular weight is 226 g/mol. The van der Waals surface area contributed by atoms with Gasteiger partial charge in [0.15, 0.2) is 0 Å². The molecule has 4 unspecified atom stereocenters. The number of carbonyl (C=O) groups excluding carboxylic acids is 1. The number of likely N-dealkylation sites (tertiary alicyclic amines) is 1. The molecular formula is C12H22N2O2.